The van der Waals surface area contributed by atoms with Crippen molar-refractivity contribution in [2.75, 3.05) is 38.8 Å². The largest absolute Gasteiger partial charge is 0.497 e. The molecule has 31 heavy (non-hydrogen) atoms. The van der Waals surface area contributed by atoms with Gasteiger partial charge in [-0.3, -0.25) is 4.79 Å². The molecule has 3 rings (SSSR count). The first-order valence-electron chi connectivity index (χ1n) is 9.52. The number of alkyl halides is 3. The van der Waals surface area contributed by atoms with Gasteiger partial charge in [-0.15, -0.1) is 17.8 Å². The molecule has 1 unspecified atom stereocenters. The van der Waals surface area contributed by atoms with Gasteiger partial charge in [-0.05, 0) is 12.3 Å². The Balaban J connectivity index is 1.92. The van der Waals surface area contributed by atoms with Crippen LogP contribution < -0.4 is 14.4 Å². The molecule has 0 radical (unpaired) electrons. The van der Waals surface area contributed by atoms with E-state index in [0.717, 1.165) is 0 Å². The third-order valence-corrected chi connectivity index (χ3v) is 5.78. The molecule has 2 aromatic rings. The van der Waals surface area contributed by atoms with Crippen molar-refractivity contribution in [3.63, 3.8) is 0 Å². The Morgan fingerprint density at radius 3 is 2.55 bits per heavy atom. The highest BCUT2D eigenvalue weighted by Gasteiger charge is 2.35. The zero-order valence-corrected chi connectivity index (χ0v) is 17.9. The Kier molecular flexibility index (Phi) is 7.08. The number of aromatic nitrogens is 1. The number of hydrogen-bond acceptors (Lipinski definition) is 6. The number of terminal acetylenes is 1. The molecule has 166 valence electrons. The number of carbonyl (C=O) groups excluding carboxylic acids is 1. The van der Waals surface area contributed by atoms with Crippen molar-refractivity contribution in [3.8, 4) is 23.8 Å². The van der Waals surface area contributed by atoms with E-state index in [-0.39, 0.29) is 24.2 Å². The Morgan fingerprint density at radius 2 is 2.00 bits per heavy atom. The summed E-state index contributed by atoms with van der Waals surface area (Å²) in [6.45, 7) is 0.660. The molecule has 1 atom stereocenters. The molecule has 0 saturated carbocycles. The normalized spacial score (nSPS) is 16.7. The molecule has 1 aliphatic rings. The van der Waals surface area contributed by atoms with Crippen molar-refractivity contribution in [1.29, 1.82) is 0 Å². The summed E-state index contributed by atoms with van der Waals surface area (Å²) in [6.07, 6.45) is 0.787. The fourth-order valence-electron chi connectivity index (χ4n) is 3.50. The summed E-state index contributed by atoms with van der Waals surface area (Å²) in [7, 11) is 3.00. The quantitative estimate of drug-likeness (QED) is 0.597. The second-order valence-corrected chi connectivity index (χ2v) is 7.89. The lowest BCUT2D eigenvalue weighted by atomic mass is 10.1. The average Bonchev–Trinajstić information content (AvgIpc) is 3.41. The zero-order valence-electron chi connectivity index (χ0n) is 17.1. The monoisotopic (exact) mass is 453 g/mol. The molecule has 1 amide bonds. The molecule has 6 nitrogen and oxygen atoms in total. The van der Waals surface area contributed by atoms with Gasteiger partial charge in [0, 0.05) is 43.2 Å². The maximum absolute atomic E-state index is 13.4. The molecule has 1 aliphatic heterocycles. The lowest BCUT2D eigenvalue weighted by molar-refractivity contribution is -0.137. The highest BCUT2D eigenvalue weighted by molar-refractivity contribution is 7.10. The molecule has 10 heteroatoms. The molecule has 2 heterocycles. The molecule has 1 saturated heterocycles. The standard InChI is InChI=1S/C21H22F3N3O3S/c1-4-19-25-18(13-31-19)20(28)27(15-9-16(29-2)11-17(10-15)30-3)14-5-7-26(12-14)8-6-21(22,23)24/h1,9-11,13-14H,5-8,12H2,2-3H3. The van der Waals surface area contributed by atoms with E-state index >= 15 is 0 Å². The van der Waals surface area contributed by atoms with E-state index in [1.807, 2.05) is 0 Å². The van der Waals surface area contributed by atoms with E-state index in [0.29, 0.717) is 41.7 Å². The van der Waals surface area contributed by atoms with Crippen molar-refractivity contribution >= 4 is 22.9 Å². The topological polar surface area (TPSA) is 54.9 Å². The van der Waals surface area contributed by atoms with Gasteiger partial charge >= 0.3 is 6.18 Å². The summed E-state index contributed by atoms with van der Waals surface area (Å²) in [5, 5.41) is 1.96. The van der Waals surface area contributed by atoms with Crippen LogP contribution in [0, 0.1) is 12.3 Å². The SMILES string of the molecule is C#Cc1nc(C(=O)N(c2cc(OC)cc(OC)c2)C2CCN(CCC(F)(F)F)C2)cs1. The van der Waals surface area contributed by atoms with E-state index in [1.54, 1.807) is 33.4 Å². The van der Waals surface area contributed by atoms with Gasteiger partial charge in [0.05, 0.1) is 32.4 Å². The summed E-state index contributed by atoms with van der Waals surface area (Å²) in [6, 6.07) is 4.71. The van der Waals surface area contributed by atoms with Crippen LogP contribution in [0.15, 0.2) is 23.6 Å². The van der Waals surface area contributed by atoms with Crippen LogP contribution in [-0.4, -0.2) is 61.9 Å². The molecular formula is C21H22F3N3O3S. The summed E-state index contributed by atoms with van der Waals surface area (Å²) in [5.41, 5.74) is 0.701. The van der Waals surface area contributed by atoms with Crippen molar-refractivity contribution in [3.05, 3.63) is 34.3 Å². The van der Waals surface area contributed by atoms with Gasteiger partial charge in [0.1, 0.15) is 17.2 Å². The second-order valence-electron chi connectivity index (χ2n) is 7.04. The van der Waals surface area contributed by atoms with Crippen LogP contribution in [0.5, 0.6) is 11.5 Å². The molecule has 1 aromatic carbocycles. The summed E-state index contributed by atoms with van der Waals surface area (Å²) in [4.78, 5) is 20.9. The number of ether oxygens (including phenoxy) is 2. The van der Waals surface area contributed by atoms with Gasteiger partial charge in [-0.2, -0.15) is 13.2 Å². The average molecular weight is 453 g/mol. The van der Waals surface area contributed by atoms with Crippen LogP contribution in [-0.2, 0) is 0 Å². The number of benzene rings is 1. The van der Waals surface area contributed by atoms with Crippen LogP contribution in [0.2, 0.25) is 0 Å². The number of halogens is 3. The molecule has 1 fully saturated rings. The molecule has 0 N–H and O–H groups in total. The minimum Gasteiger partial charge on any atom is -0.497 e. The number of carbonyl (C=O) groups is 1. The van der Waals surface area contributed by atoms with E-state index in [1.165, 1.54) is 25.6 Å². The van der Waals surface area contributed by atoms with E-state index in [4.69, 9.17) is 15.9 Å². The van der Waals surface area contributed by atoms with Crippen LogP contribution in [0.25, 0.3) is 0 Å². The lowest BCUT2D eigenvalue weighted by Gasteiger charge is -2.29. The number of anilines is 1. The first-order valence-corrected chi connectivity index (χ1v) is 10.4. The first kappa shape index (κ1) is 22.9. The molecule has 0 spiro atoms. The van der Waals surface area contributed by atoms with Crippen molar-refractivity contribution in [2.24, 2.45) is 0 Å². The lowest BCUT2D eigenvalue weighted by Crippen LogP contribution is -2.42. The minimum absolute atomic E-state index is 0.110. The fourth-order valence-corrected chi connectivity index (χ4v) is 4.09. The maximum atomic E-state index is 13.4. The van der Waals surface area contributed by atoms with Gasteiger partial charge < -0.3 is 19.3 Å². The number of rotatable bonds is 7. The van der Waals surface area contributed by atoms with Gasteiger partial charge in [0.2, 0.25) is 0 Å². The highest BCUT2D eigenvalue weighted by Crippen LogP contribution is 2.33. The molecule has 0 aliphatic carbocycles. The van der Waals surface area contributed by atoms with E-state index in [2.05, 4.69) is 10.9 Å². The van der Waals surface area contributed by atoms with Crippen LogP contribution in [0.1, 0.15) is 28.3 Å². The number of nitrogens with zero attached hydrogens (tertiary/aromatic N) is 3. The third kappa shape index (κ3) is 5.68. The van der Waals surface area contributed by atoms with Crippen LogP contribution >= 0.6 is 11.3 Å². The van der Waals surface area contributed by atoms with Crippen molar-refractivity contribution < 1.29 is 27.4 Å². The van der Waals surface area contributed by atoms with Gasteiger partial charge in [0.15, 0.2) is 5.01 Å². The molecular weight excluding hydrogens is 431 g/mol. The van der Waals surface area contributed by atoms with Gasteiger partial charge in [-0.25, -0.2) is 4.98 Å². The van der Waals surface area contributed by atoms with E-state index in [9.17, 15) is 18.0 Å². The zero-order chi connectivity index (χ0) is 22.6. The fraction of sp³-hybridized carbons (Fsp3) is 0.429. The van der Waals surface area contributed by atoms with E-state index < -0.39 is 12.6 Å². The number of likely N-dealkylation sites (tertiary alicyclic amines) is 1. The van der Waals surface area contributed by atoms with Crippen molar-refractivity contribution in [2.45, 2.75) is 25.1 Å². The Morgan fingerprint density at radius 1 is 1.32 bits per heavy atom. The second kappa shape index (κ2) is 9.58. The molecule has 0 bridgehead atoms. The summed E-state index contributed by atoms with van der Waals surface area (Å²) in [5.74, 6) is 3.00. The third-order valence-electron chi connectivity index (χ3n) is 5.00. The Hall–Kier alpha value is -2.77. The number of amides is 1. The van der Waals surface area contributed by atoms with Crippen molar-refractivity contribution in [1.82, 2.24) is 9.88 Å². The highest BCUT2D eigenvalue weighted by atomic mass is 32.1. The molecule has 1 aromatic heterocycles. The Labute approximate surface area is 182 Å². The number of hydrogen-bond donors (Lipinski definition) is 0. The van der Waals surface area contributed by atoms with Crippen LogP contribution in [0.4, 0.5) is 18.9 Å². The number of methoxy groups -OCH3 is 2. The first-order chi connectivity index (χ1) is 14.7. The summed E-state index contributed by atoms with van der Waals surface area (Å²) < 4.78 is 48.6. The van der Waals surface area contributed by atoms with Gasteiger partial charge in [0.25, 0.3) is 5.91 Å². The Bertz CT molecular complexity index is 949. The predicted octanol–water partition coefficient (Wildman–Crippen LogP) is 3.82. The number of thiazole rings is 1. The maximum Gasteiger partial charge on any atom is 0.390 e. The minimum atomic E-state index is -4.22. The smallest absolute Gasteiger partial charge is 0.390 e. The summed E-state index contributed by atoms with van der Waals surface area (Å²) >= 11 is 1.18. The van der Waals surface area contributed by atoms with Crippen LogP contribution in [0.3, 0.4) is 0 Å². The van der Waals surface area contributed by atoms with Gasteiger partial charge in [-0.1, -0.05) is 0 Å². The predicted molar refractivity (Wildman–Crippen MR) is 112 cm³/mol.